The zero-order valence-corrected chi connectivity index (χ0v) is 9.91. The molecule has 0 N–H and O–H groups in total. The number of hydrogen-bond acceptors (Lipinski definition) is 1. The maximum absolute atomic E-state index is 12.5. The molecule has 86 valence electrons. The molecule has 17 heavy (non-hydrogen) atoms. The number of carbonyl (C=O) groups is 1. The molecule has 2 unspecified atom stereocenters. The van der Waals surface area contributed by atoms with Gasteiger partial charge < -0.3 is 0 Å². The van der Waals surface area contributed by atoms with Crippen molar-refractivity contribution in [3.63, 3.8) is 0 Å². The molecule has 1 fully saturated rings. The van der Waals surface area contributed by atoms with Gasteiger partial charge in [0, 0.05) is 11.5 Å². The van der Waals surface area contributed by atoms with Crippen molar-refractivity contribution in [2.75, 3.05) is 0 Å². The van der Waals surface area contributed by atoms with Crippen LogP contribution in [0.5, 0.6) is 0 Å². The molecule has 1 saturated carbocycles. The summed E-state index contributed by atoms with van der Waals surface area (Å²) in [5, 5.41) is 0. The summed E-state index contributed by atoms with van der Waals surface area (Å²) in [6, 6.07) is 8.46. The number of carbonyl (C=O) groups excluding carboxylic acids is 1. The third kappa shape index (κ3) is 1.17. The van der Waals surface area contributed by atoms with E-state index in [4.69, 9.17) is 0 Å². The number of hydrogen-bond donors (Lipinski definition) is 0. The molecule has 3 aliphatic carbocycles. The summed E-state index contributed by atoms with van der Waals surface area (Å²) in [5.41, 5.74) is 5.19. The fourth-order valence-electron chi connectivity index (χ4n) is 4.04. The van der Waals surface area contributed by atoms with Crippen molar-refractivity contribution < 1.29 is 4.79 Å². The summed E-state index contributed by atoms with van der Waals surface area (Å²) < 4.78 is 0. The quantitative estimate of drug-likeness (QED) is 0.660. The lowest BCUT2D eigenvalue weighted by atomic mass is 9.77. The lowest BCUT2D eigenvalue weighted by Crippen LogP contribution is -2.23. The molecule has 1 heteroatoms. The lowest BCUT2D eigenvalue weighted by Gasteiger charge is -2.26. The number of rotatable bonds is 0. The van der Waals surface area contributed by atoms with Gasteiger partial charge in [-0.05, 0) is 36.3 Å². The first-order valence-corrected chi connectivity index (χ1v) is 6.72. The fourth-order valence-corrected chi connectivity index (χ4v) is 4.04. The first-order chi connectivity index (χ1) is 8.36. The van der Waals surface area contributed by atoms with Gasteiger partial charge in [0.25, 0.3) is 0 Å². The molecule has 4 rings (SSSR count). The molecule has 0 saturated heterocycles. The molecule has 2 atom stereocenters. The molecule has 1 nitrogen and oxygen atoms in total. The lowest BCUT2D eigenvalue weighted by molar-refractivity contribution is -0.118. The number of fused-ring (bicyclic) bond motifs is 4. The van der Waals surface area contributed by atoms with Gasteiger partial charge in [-0.1, -0.05) is 42.7 Å². The first-order valence-electron chi connectivity index (χ1n) is 6.72. The second kappa shape index (κ2) is 3.32. The van der Waals surface area contributed by atoms with E-state index in [1.165, 1.54) is 36.0 Å². The summed E-state index contributed by atoms with van der Waals surface area (Å²) in [6.07, 6.45) is 5.96. The maximum atomic E-state index is 12.5. The van der Waals surface area contributed by atoms with Gasteiger partial charge in [0.1, 0.15) is 0 Å². The van der Waals surface area contributed by atoms with Crippen LogP contribution in [-0.2, 0) is 11.2 Å². The molecular formula is C16H16O. The van der Waals surface area contributed by atoms with E-state index >= 15 is 0 Å². The molecule has 0 heterocycles. The summed E-state index contributed by atoms with van der Waals surface area (Å²) >= 11 is 0. The molecule has 0 bridgehead atoms. The zero-order valence-electron chi connectivity index (χ0n) is 9.91. The Morgan fingerprint density at radius 1 is 1.00 bits per heavy atom. The van der Waals surface area contributed by atoms with Crippen LogP contribution in [0.4, 0.5) is 0 Å². The van der Waals surface area contributed by atoms with Crippen molar-refractivity contribution in [2.24, 2.45) is 11.8 Å². The molecule has 0 aromatic heterocycles. The van der Waals surface area contributed by atoms with E-state index < -0.39 is 0 Å². The van der Waals surface area contributed by atoms with Crippen LogP contribution < -0.4 is 0 Å². The topological polar surface area (TPSA) is 17.1 Å². The SMILES string of the molecule is O=C1C2=C(Cc3ccccc32)C2CCCCC12. The van der Waals surface area contributed by atoms with Crippen molar-refractivity contribution in [1.82, 2.24) is 0 Å². The Morgan fingerprint density at radius 3 is 2.65 bits per heavy atom. The second-order valence-corrected chi connectivity index (χ2v) is 5.60. The predicted octanol–water partition coefficient (Wildman–Crippen LogP) is 3.39. The Kier molecular flexibility index (Phi) is 1.88. The van der Waals surface area contributed by atoms with E-state index in [0.29, 0.717) is 17.6 Å². The maximum Gasteiger partial charge on any atom is 0.167 e. The minimum Gasteiger partial charge on any atom is -0.294 e. The average molecular weight is 224 g/mol. The predicted molar refractivity (Wildman–Crippen MR) is 67.5 cm³/mol. The van der Waals surface area contributed by atoms with Gasteiger partial charge in [0.15, 0.2) is 5.78 Å². The minimum atomic E-state index is 0.335. The summed E-state index contributed by atoms with van der Waals surface area (Å²) in [7, 11) is 0. The van der Waals surface area contributed by atoms with Gasteiger partial charge in [0.05, 0.1) is 0 Å². The van der Waals surface area contributed by atoms with Crippen LogP contribution in [-0.4, -0.2) is 5.78 Å². The van der Waals surface area contributed by atoms with Gasteiger partial charge >= 0.3 is 0 Å². The summed E-state index contributed by atoms with van der Waals surface area (Å²) in [6.45, 7) is 0. The van der Waals surface area contributed by atoms with Crippen LogP contribution in [0.1, 0.15) is 36.8 Å². The highest BCUT2D eigenvalue weighted by Crippen LogP contribution is 2.51. The second-order valence-electron chi connectivity index (χ2n) is 5.60. The first kappa shape index (κ1) is 9.64. The number of benzene rings is 1. The van der Waals surface area contributed by atoms with Gasteiger partial charge in [-0.3, -0.25) is 4.79 Å². The Hall–Kier alpha value is -1.37. The van der Waals surface area contributed by atoms with Crippen LogP contribution in [0.2, 0.25) is 0 Å². The largest absolute Gasteiger partial charge is 0.294 e. The highest BCUT2D eigenvalue weighted by molar-refractivity contribution is 6.26. The summed E-state index contributed by atoms with van der Waals surface area (Å²) in [5.74, 6) is 1.37. The Bertz CT molecular complexity index is 538. The Balaban J connectivity index is 1.85. The number of ketones is 1. The van der Waals surface area contributed by atoms with Crippen LogP contribution in [0.25, 0.3) is 5.57 Å². The Labute approximate surface area is 102 Å². The molecule has 0 radical (unpaired) electrons. The molecule has 1 aromatic rings. The molecule has 1 aromatic carbocycles. The Morgan fingerprint density at radius 2 is 1.76 bits per heavy atom. The smallest absolute Gasteiger partial charge is 0.167 e. The van der Waals surface area contributed by atoms with E-state index in [2.05, 4.69) is 24.3 Å². The van der Waals surface area contributed by atoms with Crippen molar-refractivity contribution in [3.8, 4) is 0 Å². The molecular weight excluding hydrogens is 208 g/mol. The van der Waals surface area contributed by atoms with Gasteiger partial charge in [-0.15, -0.1) is 0 Å². The van der Waals surface area contributed by atoms with E-state index in [0.717, 1.165) is 18.4 Å². The van der Waals surface area contributed by atoms with Crippen LogP contribution in [0, 0.1) is 11.8 Å². The third-order valence-corrected chi connectivity index (χ3v) is 4.79. The van der Waals surface area contributed by atoms with Gasteiger partial charge in [-0.25, -0.2) is 0 Å². The van der Waals surface area contributed by atoms with Crippen LogP contribution in [0.15, 0.2) is 29.8 Å². The van der Waals surface area contributed by atoms with Gasteiger partial charge in [-0.2, -0.15) is 0 Å². The van der Waals surface area contributed by atoms with E-state index in [1.807, 2.05) is 0 Å². The minimum absolute atomic E-state index is 0.335. The van der Waals surface area contributed by atoms with Crippen molar-refractivity contribution >= 4 is 11.4 Å². The number of Topliss-reactive ketones (excluding diaryl/α,β-unsaturated/α-hetero) is 1. The van der Waals surface area contributed by atoms with Crippen LogP contribution >= 0.6 is 0 Å². The van der Waals surface area contributed by atoms with Crippen molar-refractivity contribution in [1.29, 1.82) is 0 Å². The highest BCUT2D eigenvalue weighted by Gasteiger charge is 2.45. The molecule has 0 aliphatic heterocycles. The number of allylic oxidation sites excluding steroid dienone is 2. The molecule has 0 amide bonds. The normalized spacial score (nSPS) is 30.2. The van der Waals surface area contributed by atoms with E-state index in [9.17, 15) is 4.79 Å². The fraction of sp³-hybridized carbons (Fsp3) is 0.438. The van der Waals surface area contributed by atoms with Crippen LogP contribution in [0.3, 0.4) is 0 Å². The monoisotopic (exact) mass is 224 g/mol. The molecule has 3 aliphatic rings. The van der Waals surface area contributed by atoms with E-state index in [1.54, 1.807) is 0 Å². The molecule has 0 spiro atoms. The summed E-state index contributed by atoms with van der Waals surface area (Å²) in [4.78, 5) is 12.5. The standard InChI is InChI=1S/C16H16O/c17-16-13-8-4-3-7-12(13)14-9-10-5-1-2-6-11(10)15(14)16/h1-2,5-6,12-13H,3-4,7-9H2. The van der Waals surface area contributed by atoms with E-state index in [-0.39, 0.29) is 0 Å². The third-order valence-electron chi connectivity index (χ3n) is 4.79. The van der Waals surface area contributed by atoms with Crippen molar-refractivity contribution in [2.45, 2.75) is 32.1 Å². The zero-order chi connectivity index (χ0) is 11.4. The van der Waals surface area contributed by atoms with Crippen molar-refractivity contribution in [3.05, 3.63) is 41.0 Å². The van der Waals surface area contributed by atoms with Gasteiger partial charge in [0.2, 0.25) is 0 Å². The highest BCUT2D eigenvalue weighted by atomic mass is 16.1. The average Bonchev–Trinajstić information content (AvgIpc) is 2.88.